The molecule has 3 nitrogen and oxygen atoms in total. The Morgan fingerprint density at radius 3 is 2.90 bits per heavy atom. The minimum atomic E-state index is 0.0599. The number of nitrogens with one attached hydrogen (secondary N) is 1. The summed E-state index contributed by atoms with van der Waals surface area (Å²) in [5, 5.41) is 12.5. The quantitative estimate of drug-likeness (QED) is 0.893. The highest BCUT2D eigenvalue weighted by Crippen LogP contribution is 2.31. The van der Waals surface area contributed by atoms with E-state index in [1.165, 1.54) is 5.56 Å². The third-order valence-corrected chi connectivity index (χ3v) is 4.43. The maximum absolute atomic E-state index is 8.92. The van der Waals surface area contributed by atoms with Crippen molar-refractivity contribution in [3.63, 3.8) is 0 Å². The van der Waals surface area contributed by atoms with E-state index in [2.05, 4.69) is 31.3 Å². The standard InChI is InChI=1S/C17H24N2O/c1-3-17(4-2)11-16(8-9-20-17)19-13-15-7-5-6-14(10-15)12-18/h5-7,10,16,19H,3-4,8-9,11,13H2,1-2H3. The van der Waals surface area contributed by atoms with Gasteiger partial charge >= 0.3 is 0 Å². The lowest BCUT2D eigenvalue weighted by Crippen LogP contribution is -2.46. The van der Waals surface area contributed by atoms with Gasteiger partial charge < -0.3 is 10.1 Å². The topological polar surface area (TPSA) is 45.0 Å². The van der Waals surface area contributed by atoms with Crippen LogP contribution in [0.5, 0.6) is 0 Å². The second-order valence-electron chi connectivity index (χ2n) is 5.62. The first kappa shape index (κ1) is 15.0. The second-order valence-corrected chi connectivity index (χ2v) is 5.62. The van der Waals surface area contributed by atoms with Crippen molar-refractivity contribution in [1.82, 2.24) is 5.32 Å². The molecule has 1 atom stereocenters. The Morgan fingerprint density at radius 2 is 2.20 bits per heavy atom. The molecule has 1 saturated heterocycles. The van der Waals surface area contributed by atoms with Gasteiger partial charge in [0.15, 0.2) is 0 Å². The minimum Gasteiger partial charge on any atom is -0.375 e. The van der Waals surface area contributed by atoms with Gasteiger partial charge in [0.1, 0.15) is 0 Å². The number of rotatable bonds is 5. The molecule has 1 aliphatic rings. The van der Waals surface area contributed by atoms with E-state index in [1.54, 1.807) is 0 Å². The lowest BCUT2D eigenvalue weighted by Gasteiger charge is -2.40. The predicted octanol–water partition coefficient (Wildman–Crippen LogP) is 3.39. The third kappa shape index (κ3) is 3.59. The molecule has 0 amide bonds. The zero-order chi connectivity index (χ0) is 14.4. The fraction of sp³-hybridized carbons (Fsp3) is 0.588. The second kappa shape index (κ2) is 6.88. The maximum Gasteiger partial charge on any atom is 0.0991 e. The number of hydrogen-bond donors (Lipinski definition) is 1. The molecule has 1 N–H and O–H groups in total. The van der Waals surface area contributed by atoms with Crippen LogP contribution in [0.25, 0.3) is 0 Å². The number of benzene rings is 1. The average Bonchev–Trinajstić information content (AvgIpc) is 2.53. The van der Waals surface area contributed by atoms with Crippen molar-refractivity contribution in [1.29, 1.82) is 5.26 Å². The van der Waals surface area contributed by atoms with Crippen molar-refractivity contribution >= 4 is 0 Å². The van der Waals surface area contributed by atoms with Crippen LogP contribution in [0.15, 0.2) is 24.3 Å². The first-order chi connectivity index (χ1) is 9.71. The SMILES string of the molecule is CCC1(CC)CC(NCc2cccc(C#N)c2)CCO1. The van der Waals surface area contributed by atoms with E-state index in [9.17, 15) is 0 Å². The van der Waals surface area contributed by atoms with Crippen LogP contribution < -0.4 is 5.32 Å². The Morgan fingerprint density at radius 1 is 1.40 bits per heavy atom. The first-order valence-corrected chi connectivity index (χ1v) is 7.57. The van der Waals surface area contributed by atoms with E-state index >= 15 is 0 Å². The number of hydrogen-bond acceptors (Lipinski definition) is 3. The van der Waals surface area contributed by atoms with E-state index in [-0.39, 0.29) is 5.60 Å². The Balaban J connectivity index is 1.92. The van der Waals surface area contributed by atoms with Gasteiger partial charge in [-0.1, -0.05) is 26.0 Å². The van der Waals surface area contributed by atoms with Gasteiger partial charge in [-0.25, -0.2) is 0 Å². The number of nitriles is 1. The molecule has 1 aliphatic heterocycles. The normalized spacial score (nSPS) is 21.4. The largest absolute Gasteiger partial charge is 0.375 e. The Hall–Kier alpha value is -1.37. The molecule has 2 rings (SSSR count). The zero-order valence-corrected chi connectivity index (χ0v) is 12.5. The van der Waals surface area contributed by atoms with E-state index in [0.717, 1.165) is 44.4 Å². The number of ether oxygens (including phenoxy) is 1. The van der Waals surface area contributed by atoms with Gasteiger partial charge in [0.25, 0.3) is 0 Å². The van der Waals surface area contributed by atoms with Crippen molar-refractivity contribution in [2.45, 2.75) is 57.7 Å². The van der Waals surface area contributed by atoms with Crippen LogP contribution in [0, 0.1) is 11.3 Å². The fourth-order valence-corrected chi connectivity index (χ4v) is 2.96. The lowest BCUT2D eigenvalue weighted by atomic mass is 9.86. The molecule has 108 valence electrons. The highest BCUT2D eigenvalue weighted by molar-refractivity contribution is 5.32. The minimum absolute atomic E-state index is 0.0599. The molecule has 0 aromatic heterocycles. The molecule has 1 heterocycles. The molecule has 0 bridgehead atoms. The molecule has 1 aromatic rings. The number of nitrogens with zero attached hydrogens (tertiary/aromatic N) is 1. The molecular weight excluding hydrogens is 248 g/mol. The first-order valence-electron chi connectivity index (χ1n) is 7.57. The monoisotopic (exact) mass is 272 g/mol. The van der Waals surface area contributed by atoms with Crippen molar-refractivity contribution in [2.75, 3.05) is 6.61 Å². The molecule has 1 fully saturated rings. The van der Waals surface area contributed by atoms with Crippen LogP contribution in [-0.4, -0.2) is 18.2 Å². The van der Waals surface area contributed by atoms with Gasteiger partial charge in [0.2, 0.25) is 0 Å². The molecule has 1 unspecified atom stereocenters. The summed E-state index contributed by atoms with van der Waals surface area (Å²) in [5.74, 6) is 0. The van der Waals surface area contributed by atoms with Gasteiger partial charge in [-0.3, -0.25) is 0 Å². The van der Waals surface area contributed by atoms with Crippen LogP contribution in [0.1, 0.15) is 50.7 Å². The molecule has 20 heavy (non-hydrogen) atoms. The van der Waals surface area contributed by atoms with Crippen molar-refractivity contribution < 1.29 is 4.74 Å². The van der Waals surface area contributed by atoms with E-state index < -0.39 is 0 Å². The molecule has 0 saturated carbocycles. The summed E-state index contributed by atoms with van der Waals surface area (Å²) in [7, 11) is 0. The highest BCUT2D eigenvalue weighted by atomic mass is 16.5. The van der Waals surface area contributed by atoms with E-state index in [0.29, 0.717) is 6.04 Å². The van der Waals surface area contributed by atoms with Crippen LogP contribution in [-0.2, 0) is 11.3 Å². The molecule has 1 aromatic carbocycles. The van der Waals surface area contributed by atoms with Gasteiger partial charge in [-0.15, -0.1) is 0 Å². The van der Waals surface area contributed by atoms with Crippen LogP contribution in [0.3, 0.4) is 0 Å². The van der Waals surface area contributed by atoms with Gasteiger partial charge in [-0.2, -0.15) is 5.26 Å². The average molecular weight is 272 g/mol. The van der Waals surface area contributed by atoms with Gasteiger partial charge in [-0.05, 0) is 43.4 Å². The molecule has 0 spiro atoms. The predicted molar refractivity (Wildman–Crippen MR) is 80.3 cm³/mol. The molecule has 3 heteroatoms. The Kier molecular flexibility index (Phi) is 5.17. The Labute approximate surface area is 121 Å². The third-order valence-electron chi connectivity index (χ3n) is 4.43. The summed E-state index contributed by atoms with van der Waals surface area (Å²) in [6.07, 6.45) is 4.30. The summed E-state index contributed by atoms with van der Waals surface area (Å²) in [5.41, 5.74) is 1.96. The van der Waals surface area contributed by atoms with Crippen LogP contribution in [0.2, 0.25) is 0 Å². The Bertz CT molecular complexity index is 474. The van der Waals surface area contributed by atoms with E-state index in [1.807, 2.05) is 18.2 Å². The smallest absolute Gasteiger partial charge is 0.0991 e. The van der Waals surface area contributed by atoms with Gasteiger partial charge in [0.05, 0.1) is 17.2 Å². The summed E-state index contributed by atoms with van der Waals surface area (Å²) in [4.78, 5) is 0. The van der Waals surface area contributed by atoms with Gasteiger partial charge in [0, 0.05) is 19.2 Å². The van der Waals surface area contributed by atoms with Crippen molar-refractivity contribution in [2.24, 2.45) is 0 Å². The molecular formula is C17H24N2O. The van der Waals surface area contributed by atoms with E-state index in [4.69, 9.17) is 10.00 Å². The molecule has 0 aliphatic carbocycles. The molecule has 0 radical (unpaired) electrons. The fourth-order valence-electron chi connectivity index (χ4n) is 2.96. The van der Waals surface area contributed by atoms with Crippen LogP contribution >= 0.6 is 0 Å². The summed E-state index contributed by atoms with van der Waals surface area (Å²) < 4.78 is 6.00. The maximum atomic E-state index is 8.92. The van der Waals surface area contributed by atoms with Crippen LogP contribution in [0.4, 0.5) is 0 Å². The van der Waals surface area contributed by atoms with Crippen molar-refractivity contribution in [3.05, 3.63) is 35.4 Å². The summed E-state index contributed by atoms with van der Waals surface area (Å²) in [6.45, 7) is 6.09. The van der Waals surface area contributed by atoms with Crippen molar-refractivity contribution in [3.8, 4) is 6.07 Å². The summed E-state index contributed by atoms with van der Waals surface area (Å²) >= 11 is 0. The summed E-state index contributed by atoms with van der Waals surface area (Å²) in [6, 6.07) is 10.5. The highest BCUT2D eigenvalue weighted by Gasteiger charge is 2.34. The lowest BCUT2D eigenvalue weighted by molar-refractivity contribution is -0.0932. The zero-order valence-electron chi connectivity index (χ0n) is 12.5.